The first kappa shape index (κ1) is 16.0. The fraction of sp³-hybridized carbons (Fsp3) is 0.158. The molecule has 1 aliphatic heterocycles. The highest BCUT2D eigenvalue weighted by atomic mass is 16.3. The molecule has 1 atom stereocenters. The number of hydrogen-bond acceptors (Lipinski definition) is 5. The largest absolute Gasteiger partial charge is 0.436 e. The average molecular weight is 349 g/mol. The Morgan fingerprint density at radius 1 is 1.15 bits per heavy atom. The fourth-order valence-electron chi connectivity index (χ4n) is 2.86. The van der Waals surface area contributed by atoms with Crippen LogP contribution in [0.5, 0.6) is 0 Å². The molecule has 130 valence electrons. The summed E-state index contributed by atoms with van der Waals surface area (Å²) in [5.74, 6) is -0.775. The first-order valence-corrected chi connectivity index (χ1v) is 8.21. The van der Waals surface area contributed by atoms with E-state index in [2.05, 4.69) is 15.6 Å². The molecule has 3 aromatic rings. The molecule has 0 aliphatic carbocycles. The van der Waals surface area contributed by atoms with Crippen molar-refractivity contribution in [1.29, 1.82) is 0 Å². The Hall–Kier alpha value is -3.48. The molecule has 0 bridgehead atoms. The van der Waals surface area contributed by atoms with Gasteiger partial charge in [0.25, 0.3) is 5.91 Å². The lowest BCUT2D eigenvalue weighted by Crippen LogP contribution is -2.52. The first-order chi connectivity index (χ1) is 12.6. The molecular formula is C19H15N3O4. The number of oxazole rings is 1. The van der Waals surface area contributed by atoms with E-state index < -0.39 is 17.9 Å². The van der Waals surface area contributed by atoms with E-state index in [1.807, 2.05) is 24.3 Å². The number of para-hydroxylation sites is 2. The molecule has 1 aromatic heterocycles. The summed E-state index contributed by atoms with van der Waals surface area (Å²) >= 11 is 0. The van der Waals surface area contributed by atoms with Crippen molar-refractivity contribution in [3.8, 4) is 11.5 Å². The van der Waals surface area contributed by atoms with Crippen molar-refractivity contribution in [2.45, 2.75) is 18.9 Å². The zero-order valence-electron chi connectivity index (χ0n) is 13.7. The molecule has 1 fully saturated rings. The number of nitrogens with one attached hydrogen (secondary N) is 2. The van der Waals surface area contributed by atoms with E-state index in [0.29, 0.717) is 29.0 Å². The van der Waals surface area contributed by atoms with Crippen LogP contribution in [0, 0.1) is 0 Å². The molecule has 7 nitrogen and oxygen atoms in total. The molecule has 2 heterocycles. The van der Waals surface area contributed by atoms with E-state index in [1.165, 1.54) is 0 Å². The second kappa shape index (κ2) is 6.44. The molecule has 1 unspecified atom stereocenters. The molecule has 1 saturated heterocycles. The quantitative estimate of drug-likeness (QED) is 0.705. The molecule has 2 N–H and O–H groups in total. The van der Waals surface area contributed by atoms with Gasteiger partial charge >= 0.3 is 0 Å². The van der Waals surface area contributed by atoms with E-state index in [0.717, 1.165) is 5.52 Å². The van der Waals surface area contributed by atoms with Gasteiger partial charge in [0, 0.05) is 17.5 Å². The van der Waals surface area contributed by atoms with Crippen LogP contribution in [-0.4, -0.2) is 28.7 Å². The van der Waals surface area contributed by atoms with Gasteiger partial charge in [-0.1, -0.05) is 18.2 Å². The Balaban J connectivity index is 1.56. The standard InChI is InChI=1S/C19H15N3O4/c23-16-9-8-14(18(25)22-16)20-17(24)11-4-3-5-12(10-11)19-21-13-6-1-2-7-15(13)26-19/h1-7,10,14H,8-9H2,(H,20,24)(H,22,23,25). The molecule has 0 spiro atoms. The van der Waals surface area contributed by atoms with Gasteiger partial charge in [0.1, 0.15) is 11.6 Å². The smallest absolute Gasteiger partial charge is 0.251 e. The highest BCUT2D eigenvalue weighted by molar-refractivity contribution is 6.04. The van der Waals surface area contributed by atoms with Crippen molar-refractivity contribution < 1.29 is 18.8 Å². The Morgan fingerprint density at radius 3 is 2.81 bits per heavy atom. The van der Waals surface area contributed by atoms with Crippen molar-refractivity contribution in [2.75, 3.05) is 0 Å². The Kier molecular flexibility index (Phi) is 3.96. The van der Waals surface area contributed by atoms with Crippen molar-refractivity contribution in [3.63, 3.8) is 0 Å². The lowest BCUT2D eigenvalue weighted by molar-refractivity contribution is -0.134. The maximum Gasteiger partial charge on any atom is 0.251 e. The predicted octanol–water partition coefficient (Wildman–Crippen LogP) is 2.03. The average Bonchev–Trinajstić information content (AvgIpc) is 3.08. The molecule has 26 heavy (non-hydrogen) atoms. The number of hydrogen-bond donors (Lipinski definition) is 2. The van der Waals surface area contributed by atoms with Crippen molar-refractivity contribution in [1.82, 2.24) is 15.6 Å². The summed E-state index contributed by atoms with van der Waals surface area (Å²) in [5.41, 5.74) is 2.45. The van der Waals surface area contributed by atoms with Gasteiger partial charge in [-0.3, -0.25) is 19.7 Å². The lowest BCUT2D eigenvalue weighted by atomic mass is 10.0. The van der Waals surface area contributed by atoms with Crippen LogP contribution in [0.2, 0.25) is 0 Å². The number of aromatic nitrogens is 1. The number of imide groups is 1. The number of carbonyl (C=O) groups excluding carboxylic acids is 3. The summed E-state index contributed by atoms with van der Waals surface area (Å²) in [6.07, 6.45) is 0.501. The van der Waals surface area contributed by atoms with Gasteiger partial charge in [0.2, 0.25) is 17.7 Å². The summed E-state index contributed by atoms with van der Waals surface area (Å²) in [5, 5.41) is 4.88. The summed E-state index contributed by atoms with van der Waals surface area (Å²) in [7, 11) is 0. The van der Waals surface area contributed by atoms with Gasteiger partial charge in [0.15, 0.2) is 5.58 Å². The van der Waals surface area contributed by atoms with Crippen LogP contribution < -0.4 is 10.6 Å². The molecule has 2 aromatic carbocycles. The third-order valence-electron chi connectivity index (χ3n) is 4.21. The summed E-state index contributed by atoms with van der Waals surface area (Å²) < 4.78 is 5.72. The third-order valence-corrected chi connectivity index (χ3v) is 4.21. The molecule has 0 saturated carbocycles. The minimum absolute atomic E-state index is 0.208. The van der Waals surface area contributed by atoms with E-state index >= 15 is 0 Å². The van der Waals surface area contributed by atoms with E-state index in [1.54, 1.807) is 24.3 Å². The van der Waals surface area contributed by atoms with Crippen molar-refractivity contribution >= 4 is 28.8 Å². The van der Waals surface area contributed by atoms with Gasteiger partial charge in [-0.25, -0.2) is 4.98 Å². The number of rotatable bonds is 3. The van der Waals surface area contributed by atoms with Crippen molar-refractivity contribution in [3.05, 3.63) is 54.1 Å². The van der Waals surface area contributed by atoms with Crippen molar-refractivity contribution in [2.24, 2.45) is 0 Å². The van der Waals surface area contributed by atoms with Crippen LogP contribution in [0.25, 0.3) is 22.6 Å². The van der Waals surface area contributed by atoms with E-state index in [4.69, 9.17) is 4.42 Å². The maximum atomic E-state index is 12.5. The van der Waals surface area contributed by atoms with Gasteiger partial charge < -0.3 is 9.73 Å². The Bertz CT molecular complexity index is 991. The van der Waals surface area contributed by atoms with Crippen LogP contribution in [0.4, 0.5) is 0 Å². The summed E-state index contributed by atoms with van der Waals surface area (Å²) in [4.78, 5) is 39.9. The summed E-state index contributed by atoms with van der Waals surface area (Å²) in [6, 6.07) is 13.5. The minimum Gasteiger partial charge on any atom is -0.436 e. The number of amides is 3. The summed E-state index contributed by atoms with van der Waals surface area (Å²) in [6.45, 7) is 0. The highest BCUT2D eigenvalue weighted by Crippen LogP contribution is 2.24. The Labute approximate surface area is 148 Å². The van der Waals surface area contributed by atoms with Gasteiger partial charge in [-0.05, 0) is 36.8 Å². The monoisotopic (exact) mass is 349 g/mol. The number of benzene rings is 2. The molecular weight excluding hydrogens is 334 g/mol. The number of piperidine rings is 1. The molecule has 0 radical (unpaired) electrons. The van der Waals surface area contributed by atoms with Gasteiger partial charge in [-0.15, -0.1) is 0 Å². The Morgan fingerprint density at radius 2 is 2.00 bits per heavy atom. The number of nitrogens with zero attached hydrogens (tertiary/aromatic N) is 1. The molecule has 1 aliphatic rings. The van der Waals surface area contributed by atoms with Gasteiger partial charge in [-0.2, -0.15) is 0 Å². The molecule has 4 rings (SSSR count). The lowest BCUT2D eigenvalue weighted by Gasteiger charge is -2.21. The highest BCUT2D eigenvalue weighted by Gasteiger charge is 2.28. The molecule has 7 heteroatoms. The first-order valence-electron chi connectivity index (χ1n) is 8.21. The van der Waals surface area contributed by atoms with E-state index in [-0.39, 0.29) is 12.3 Å². The second-order valence-electron chi connectivity index (χ2n) is 6.04. The van der Waals surface area contributed by atoms with Crippen LogP contribution in [0.3, 0.4) is 0 Å². The van der Waals surface area contributed by atoms with Crippen LogP contribution in [0.1, 0.15) is 23.2 Å². The topological polar surface area (TPSA) is 101 Å². The number of carbonyl (C=O) groups is 3. The second-order valence-corrected chi connectivity index (χ2v) is 6.04. The minimum atomic E-state index is -0.715. The van der Waals surface area contributed by atoms with Gasteiger partial charge in [0.05, 0.1) is 0 Å². The maximum absolute atomic E-state index is 12.5. The molecule has 3 amide bonds. The zero-order valence-corrected chi connectivity index (χ0v) is 13.7. The normalized spacial score (nSPS) is 17.2. The van der Waals surface area contributed by atoms with Crippen LogP contribution >= 0.6 is 0 Å². The predicted molar refractivity (Wildman–Crippen MR) is 93.1 cm³/mol. The number of fused-ring (bicyclic) bond motifs is 1. The SMILES string of the molecule is O=C1CCC(NC(=O)c2cccc(-c3nc4ccccc4o3)c2)C(=O)N1. The zero-order chi connectivity index (χ0) is 18.1. The fourth-order valence-corrected chi connectivity index (χ4v) is 2.86. The third kappa shape index (κ3) is 3.06. The van der Waals surface area contributed by atoms with Crippen LogP contribution in [0.15, 0.2) is 52.9 Å². The van der Waals surface area contributed by atoms with E-state index in [9.17, 15) is 14.4 Å². The van der Waals surface area contributed by atoms with Crippen LogP contribution in [-0.2, 0) is 9.59 Å².